The third-order valence-corrected chi connectivity index (χ3v) is 5.78. The van der Waals surface area contributed by atoms with E-state index in [1.54, 1.807) is 18.2 Å². The number of aliphatic carboxylic acids is 1. The van der Waals surface area contributed by atoms with Gasteiger partial charge in [0.1, 0.15) is 5.75 Å². The number of carboxylic acid groups (broad SMARTS) is 1. The van der Waals surface area contributed by atoms with Crippen molar-refractivity contribution in [1.29, 1.82) is 0 Å². The molecule has 0 saturated heterocycles. The molecule has 0 unspecified atom stereocenters. The van der Waals surface area contributed by atoms with E-state index in [0.29, 0.717) is 11.4 Å². The van der Waals surface area contributed by atoms with E-state index in [-0.39, 0.29) is 23.2 Å². The Balaban J connectivity index is 1.63. The van der Waals surface area contributed by atoms with Gasteiger partial charge in [0.2, 0.25) is 5.91 Å². The molecule has 1 aromatic rings. The van der Waals surface area contributed by atoms with Crippen molar-refractivity contribution in [2.75, 3.05) is 12.4 Å². The molecule has 2 fully saturated rings. The summed E-state index contributed by atoms with van der Waals surface area (Å²) in [4.78, 5) is 24.5. The lowest BCUT2D eigenvalue weighted by Crippen LogP contribution is -2.42. The van der Waals surface area contributed by atoms with E-state index >= 15 is 0 Å². The van der Waals surface area contributed by atoms with E-state index in [1.807, 2.05) is 18.2 Å². The lowest BCUT2D eigenvalue weighted by molar-refractivity contribution is -0.313. The first-order valence-corrected chi connectivity index (χ1v) is 7.91. The van der Waals surface area contributed by atoms with Crippen LogP contribution in [0.2, 0.25) is 0 Å². The first-order chi connectivity index (χ1) is 11.1. The minimum Gasteiger partial charge on any atom is -0.550 e. The van der Waals surface area contributed by atoms with Crippen molar-refractivity contribution in [1.82, 2.24) is 0 Å². The molecule has 1 spiro atoms. The van der Waals surface area contributed by atoms with Gasteiger partial charge in [0.15, 0.2) is 0 Å². The lowest BCUT2D eigenvalue weighted by Gasteiger charge is -2.27. The fourth-order valence-electron chi connectivity index (χ4n) is 4.64. The number of ether oxygens (including phenoxy) is 1. The summed E-state index contributed by atoms with van der Waals surface area (Å²) in [5.74, 6) is -2.17. The highest BCUT2D eigenvalue weighted by molar-refractivity contribution is 5.97. The van der Waals surface area contributed by atoms with Crippen molar-refractivity contribution in [2.45, 2.75) is 12.8 Å². The Hall–Kier alpha value is -2.30. The highest BCUT2D eigenvalue weighted by atomic mass is 16.5. The molecular formula is C18H18NO4-. The molecule has 0 aromatic heterocycles. The number of rotatable bonds is 4. The number of hydrogen-bond acceptors (Lipinski definition) is 4. The van der Waals surface area contributed by atoms with Crippen LogP contribution >= 0.6 is 0 Å². The monoisotopic (exact) mass is 312 g/mol. The number of benzene rings is 1. The minimum absolute atomic E-state index is 0.00473. The Labute approximate surface area is 134 Å². The highest BCUT2D eigenvalue weighted by Crippen LogP contribution is 2.71. The number of carbonyl (C=O) groups is 2. The van der Waals surface area contributed by atoms with Crippen LogP contribution in [0.4, 0.5) is 5.69 Å². The van der Waals surface area contributed by atoms with Crippen molar-refractivity contribution in [2.24, 2.45) is 29.1 Å². The smallest absolute Gasteiger partial charge is 0.228 e. The van der Waals surface area contributed by atoms with Gasteiger partial charge in [-0.15, -0.1) is 0 Å². The number of para-hydroxylation sites is 2. The van der Waals surface area contributed by atoms with Gasteiger partial charge in [-0.1, -0.05) is 24.3 Å². The zero-order chi connectivity index (χ0) is 16.2. The second-order valence-corrected chi connectivity index (χ2v) is 6.73. The summed E-state index contributed by atoms with van der Waals surface area (Å²) in [5, 5.41) is 14.5. The maximum Gasteiger partial charge on any atom is 0.228 e. The zero-order valence-electron chi connectivity index (χ0n) is 12.8. The molecule has 23 heavy (non-hydrogen) atoms. The fraction of sp³-hybridized carbons (Fsp3) is 0.444. The Morgan fingerprint density at radius 2 is 1.83 bits per heavy atom. The van der Waals surface area contributed by atoms with Crippen LogP contribution in [0.25, 0.3) is 0 Å². The Kier molecular flexibility index (Phi) is 3.01. The number of amides is 1. The number of anilines is 1. The summed E-state index contributed by atoms with van der Waals surface area (Å²) in [6, 6.07) is 7.13. The summed E-state index contributed by atoms with van der Waals surface area (Å²) in [7, 11) is 1.54. The van der Waals surface area contributed by atoms with E-state index in [9.17, 15) is 14.7 Å². The molecular weight excluding hydrogens is 294 g/mol. The van der Waals surface area contributed by atoms with Crippen molar-refractivity contribution in [3.63, 3.8) is 0 Å². The maximum atomic E-state index is 12.8. The average molecular weight is 312 g/mol. The Morgan fingerprint density at radius 3 is 2.43 bits per heavy atom. The molecule has 0 radical (unpaired) electrons. The van der Waals surface area contributed by atoms with Crippen LogP contribution in [0, 0.1) is 29.1 Å². The van der Waals surface area contributed by atoms with Crippen LogP contribution < -0.4 is 15.2 Å². The van der Waals surface area contributed by atoms with Crippen LogP contribution in [0.1, 0.15) is 12.8 Å². The molecule has 120 valence electrons. The van der Waals surface area contributed by atoms with Crippen molar-refractivity contribution in [3.8, 4) is 5.75 Å². The zero-order valence-corrected chi connectivity index (χ0v) is 12.8. The van der Waals surface area contributed by atoms with Crippen LogP contribution in [0.15, 0.2) is 36.4 Å². The van der Waals surface area contributed by atoms with Crippen molar-refractivity contribution in [3.05, 3.63) is 36.4 Å². The summed E-state index contributed by atoms with van der Waals surface area (Å²) in [6.45, 7) is 0. The maximum absolute atomic E-state index is 12.8. The van der Waals surface area contributed by atoms with Crippen molar-refractivity contribution < 1.29 is 19.4 Å². The molecule has 4 rings (SSSR count). The summed E-state index contributed by atoms with van der Waals surface area (Å²) >= 11 is 0. The molecule has 2 bridgehead atoms. The summed E-state index contributed by atoms with van der Waals surface area (Å²) in [6.07, 6.45) is 6.00. The molecule has 0 heterocycles. The van der Waals surface area contributed by atoms with E-state index in [2.05, 4.69) is 5.32 Å². The predicted octanol–water partition coefficient (Wildman–Crippen LogP) is 1.21. The number of hydrogen-bond donors (Lipinski definition) is 1. The molecule has 2 saturated carbocycles. The number of carboxylic acids is 1. The molecule has 0 aliphatic heterocycles. The average Bonchev–Trinajstić information content (AvgIpc) is 3.21. The first-order valence-electron chi connectivity index (χ1n) is 7.91. The third-order valence-electron chi connectivity index (χ3n) is 5.78. The molecule has 3 aliphatic rings. The van der Waals surface area contributed by atoms with Gasteiger partial charge >= 0.3 is 0 Å². The van der Waals surface area contributed by atoms with Crippen LogP contribution in [0.3, 0.4) is 0 Å². The number of allylic oxidation sites excluding steroid dienone is 2. The molecule has 1 N–H and O–H groups in total. The topological polar surface area (TPSA) is 78.5 Å². The van der Waals surface area contributed by atoms with E-state index in [4.69, 9.17) is 4.74 Å². The molecule has 5 nitrogen and oxygen atoms in total. The standard InChI is InChI=1S/C18H19NO4/c1-23-13-5-3-2-4-12(13)19-16(20)14-10-6-7-11(15(14)17(21)22)18(10)8-9-18/h2-7,10-11,14-15H,8-9H2,1H3,(H,19,20)(H,21,22)/p-1/t10-,11+,14-,15-/m0/s1. The van der Waals surface area contributed by atoms with E-state index in [1.165, 1.54) is 7.11 Å². The molecule has 5 heteroatoms. The van der Waals surface area contributed by atoms with Gasteiger partial charge in [-0.3, -0.25) is 4.79 Å². The summed E-state index contributed by atoms with van der Waals surface area (Å²) < 4.78 is 5.24. The van der Waals surface area contributed by atoms with Gasteiger partial charge in [0.05, 0.1) is 18.7 Å². The second kappa shape index (κ2) is 4.85. The third kappa shape index (κ3) is 1.92. The number of nitrogens with one attached hydrogen (secondary N) is 1. The van der Waals surface area contributed by atoms with Gasteiger partial charge in [-0.05, 0) is 42.2 Å². The first kappa shape index (κ1) is 14.3. The largest absolute Gasteiger partial charge is 0.550 e. The quantitative estimate of drug-likeness (QED) is 0.848. The minimum atomic E-state index is -1.12. The van der Waals surface area contributed by atoms with Crippen LogP contribution in [-0.2, 0) is 9.59 Å². The predicted molar refractivity (Wildman–Crippen MR) is 81.4 cm³/mol. The molecule has 4 atom stereocenters. The number of carbonyl (C=O) groups excluding carboxylic acids is 2. The molecule has 3 aliphatic carbocycles. The molecule has 1 amide bonds. The highest BCUT2D eigenvalue weighted by Gasteiger charge is 2.68. The van der Waals surface area contributed by atoms with Gasteiger partial charge in [0, 0.05) is 11.9 Å². The van der Waals surface area contributed by atoms with Crippen molar-refractivity contribution >= 4 is 17.6 Å². The van der Waals surface area contributed by atoms with E-state index in [0.717, 1.165) is 12.8 Å². The van der Waals surface area contributed by atoms with E-state index < -0.39 is 17.8 Å². The van der Waals surface area contributed by atoms with Gasteiger partial charge in [0.25, 0.3) is 0 Å². The summed E-state index contributed by atoms with van der Waals surface area (Å²) in [5.41, 5.74) is 0.557. The normalized spacial score (nSPS) is 32.0. The SMILES string of the molecule is COc1ccccc1NC(=O)[C@@H]1[C@@H](C(=O)[O-])[C@H]2C=C[C@@H]1C21CC1. The molecule has 1 aromatic carbocycles. The van der Waals surface area contributed by atoms with Gasteiger partial charge in [-0.25, -0.2) is 0 Å². The van der Waals surface area contributed by atoms with Gasteiger partial charge in [-0.2, -0.15) is 0 Å². The van der Waals surface area contributed by atoms with Crippen LogP contribution in [-0.4, -0.2) is 19.0 Å². The lowest BCUT2D eigenvalue weighted by atomic mass is 9.82. The second-order valence-electron chi connectivity index (χ2n) is 6.73. The van der Waals surface area contributed by atoms with Gasteiger partial charge < -0.3 is 20.0 Å². The Bertz CT molecular complexity index is 707. The van der Waals surface area contributed by atoms with Crippen LogP contribution in [0.5, 0.6) is 5.75 Å². The number of methoxy groups -OCH3 is 1. The Morgan fingerprint density at radius 1 is 1.17 bits per heavy atom. The fourth-order valence-corrected chi connectivity index (χ4v) is 4.64.